The first-order chi connectivity index (χ1) is 13.0. The number of aliphatic imine (C=N–C) groups is 2. The SMILES string of the molecule is CCN=C1C=CC2=Nc3ccc(NCC)cc3[Si](C)(CCCC(=O)O)C2=C1. The number of nitrogens with one attached hydrogen (secondary N) is 1. The zero-order chi connectivity index (χ0) is 19.4. The second-order valence-electron chi connectivity index (χ2n) is 7.13. The maximum Gasteiger partial charge on any atom is 0.303 e. The molecule has 3 rings (SSSR count). The number of benzene rings is 1. The molecule has 27 heavy (non-hydrogen) atoms. The van der Waals surface area contributed by atoms with Gasteiger partial charge in [0.25, 0.3) is 0 Å². The minimum atomic E-state index is -2.12. The van der Waals surface area contributed by atoms with E-state index in [0.29, 0.717) is 6.42 Å². The third-order valence-electron chi connectivity index (χ3n) is 5.20. The molecule has 0 fully saturated rings. The molecule has 1 heterocycles. The van der Waals surface area contributed by atoms with Gasteiger partial charge in [-0.25, -0.2) is 4.99 Å². The highest BCUT2D eigenvalue weighted by atomic mass is 28.3. The van der Waals surface area contributed by atoms with E-state index in [1.807, 2.05) is 13.0 Å². The van der Waals surface area contributed by atoms with E-state index in [-0.39, 0.29) is 6.42 Å². The molecule has 0 spiro atoms. The summed E-state index contributed by atoms with van der Waals surface area (Å²) < 4.78 is 0. The van der Waals surface area contributed by atoms with Crippen molar-refractivity contribution >= 4 is 42.0 Å². The van der Waals surface area contributed by atoms with Crippen molar-refractivity contribution in [1.82, 2.24) is 0 Å². The maximum absolute atomic E-state index is 11.1. The minimum absolute atomic E-state index is 0.205. The number of hydrogen-bond acceptors (Lipinski definition) is 4. The van der Waals surface area contributed by atoms with E-state index in [0.717, 1.165) is 41.9 Å². The van der Waals surface area contributed by atoms with Crippen LogP contribution < -0.4 is 10.5 Å². The average Bonchev–Trinajstić information content (AvgIpc) is 2.63. The highest BCUT2D eigenvalue weighted by Gasteiger charge is 2.41. The van der Waals surface area contributed by atoms with Crippen molar-refractivity contribution in [1.29, 1.82) is 0 Å². The summed E-state index contributed by atoms with van der Waals surface area (Å²) in [7, 11) is -2.12. The number of anilines is 1. The predicted octanol–water partition coefficient (Wildman–Crippen LogP) is 3.85. The number of hydrogen-bond donors (Lipinski definition) is 2. The highest BCUT2D eigenvalue weighted by molar-refractivity contribution is 7.02. The number of aliphatic carboxylic acids is 1. The molecule has 1 aliphatic heterocycles. The molecule has 2 aliphatic rings. The van der Waals surface area contributed by atoms with E-state index in [9.17, 15) is 4.79 Å². The summed E-state index contributed by atoms with van der Waals surface area (Å²) >= 11 is 0. The van der Waals surface area contributed by atoms with Gasteiger partial charge >= 0.3 is 5.97 Å². The van der Waals surface area contributed by atoms with Crippen LogP contribution in [0.3, 0.4) is 0 Å². The van der Waals surface area contributed by atoms with Crippen molar-refractivity contribution in [3.63, 3.8) is 0 Å². The summed E-state index contributed by atoms with van der Waals surface area (Å²) in [4.78, 5) is 20.6. The zero-order valence-electron chi connectivity index (χ0n) is 16.2. The molecule has 1 aromatic rings. The van der Waals surface area contributed by atoms with Crippen LogP contribution in [0.4, 0.5) is 11.4 Å². The van der Waals surface area contributed by atoms with Crippen LogP contribution in [0.25, 0.3) is 0 Å². The molecule has 0 aromatic heterocycles. The molecule has 2 N–H and O–H groups in total. The smallest absolute Gasteiger partial charge is 0.303 e. The summed E-state index contributed by atoms with van der Waals surface area (Å²) in [6.45, 7) is 8.07. The molecule has 142 valence electrons. The van der Waals surface area contributed by atoms with Gasteiger partial charge in [-0.15, -0.1) is 0 Å². The second kappa shape index (κ2) is 8.04. The minimum Gasteiger partial charge on any atom is -0.481 e. The molecule has 5 nitrogen and oxygen atoms in total. The van der Waals surface area contributed by atoms with Crippen LogP contribution in [-0.2, 0) is 4.79 Å². The van der Waals surface area contributed by atoms with Crippen LogP contribution >= 0.6 is 0 Å². The van der Waals surface area contributed by atoms with Crippen LogP contribution in [-0.4, -0.2) is 43.7 Å². The summed E-state index contributed by atoms with van der Waals surface area (Å²) in [5.41, 5.74) is 4.11. The molecule has 1 aromatic carbocycles. The Balaban J connectivity index is 2.10. The molecule has 1 unspecified atom stereocenters. The lowest BCUT2D eigenvalue weighted by Gasteiger charge is -2.37. The van der Waals surface area contributed by atoms with E-state index in [4.69, 9.17) is 10.1 Å². The van der Waals surface area contributed by atoms with Crippen molar-refractivity contribution in [3.05, 3.63) is 41.6 Å². The average molecular weight is 382 g/mol. The van der Waals surface area contributed by atoms with Gasteiger partial charge in [-0.3, -0.25) is 9.79 Å². The molecule has 6 heteroatoms. The van der Waals surface area contributed by atoms with Crippen LogP contribution in [0.15, 0.2) is 51.6 Å². The predicted molar refractivity (Wildman–Crippen MR) is 116 cm³/mol. The number of nitrogens with zero attached hydrogens (tertiary/aromatic N) is 2. The highest BCUT2D eigenvalue weighted by Crippen LogP contribution is 2.35. The number of fused-ring (bicyclic) bond motifs is 2. The van der Waals surface area contributed by atoms with Gasteiger partial charge in [-0.2, -0.15) is 0 Å². The topological polar surface area (TPSA) is 74.0 Å². The van der Waals surface area contributed by atoms with Gasteiger partial charge in [0.05, 0.1) is 17.1 Å². The fourth-order valence-corrected chi connectivity index (χ4v) is 7.93. The first kappa shape index (κ1) is 19.3. The summed E-state index contributed by atoms with van der Waals surface area (Å²) in [6, 6.07) is 7.27. The molecule has 0 saturated heterocycles. The molecule has 0 saturated carbocycles. The summed E-state index contributed by atoms with van der Waals surface area (Å²) in [5.74, 6) is -0.732. The monoisotopic (exact) mass is 381 g/mol. The molecule has 1 aliphatic carbocycles. The van der Waals surface area contributed by atoms with Gasteiger partial charge < -0.3 is 10.4 Å². The first-order valence-corrected chi connectivity index (χ1v) is 12.3. The molecule has 0 amide bonds. The van der Waals surface area contributed by atoms with Crippen molar-refractivity contribution in [2.45, 2.75) is 39.3 Å². The molecule has 1 atom stereocenters. The first-order valence-electron chi connectivity index (χ1n) is 9.62. The molecule has 0 bridgehead atoms. The number of carboxylic acid groups (broad SMARTS) is 1. The van der Waals surface area contributed by atoms with Gasteiger partial charge in [0.15, 0.2) is 0 Å². The van der Waals surface area contributed by atoms with Crippen molar-refractivity contribution in [2.24, 2.45) is 9.98 Å². The van der Waals surface area contributed by atoms with Gasteiger partial charge in [-0.05, 0) is 73.1 Å². The van der Waals surface area contributed by atoms with E-state index in [2.05, 4.69) is 54.1 Å². The van der Waals surface area contributed by atoms with Crippen LogP contribution in [0, 0.1) is 0 Å². The Hall–Kier alpha value is -2.47. The Labute approximate surface area is 161 Å². The Morgan fingerprint density at radius 2 is 2.11 bits per heavy atom. The van der Waals surface area contributed by atoms with E-state index >= 15 is 0 Å². The fourth-order valence-electron chi connectivity index (χ4n) is 3.87. The lowest BCUT2D eigenvalue weighted by Crippen LogP contribution is -2.52. The fraction of sp³-hybridized carbons (Fsp3) is 0.381. The number of rotatable bonds is 7. The standard InChI is InChI=1S/C21H27N3O2Si/c1-4-22-15-8-10-17-19(13-15)27(3,12-6-7-21(25)26)20-14-16(23-5-2)9-11-18(20)24-17/h8-11,13-14,22H,4-7,12H2,1-3H3,(H,25,26). The van der Waals surface area contributed by atoms with Gasteiger partial charge in [0.2, 0.25) is 0 Å². The number of carbonyl (C=O) groups is 1. The van der Waals surface area contributed by atoms with Gasteiger partial charge in [-0.1, -0.05) is 6.55 Å². The largest absolute Gasteiger partial charge is 0.481 e. The van der Waals surface area contributed by atoms with E-state index < -0.39 is 14.0 Å². The van der Waals surface area contributed by atoms with E-state index in [1.165, 1.54) is 10.4 Å². The molecular formula is C21H27N3O2Si. The molecular weight excluding hydrogens is 354 g/mol. The zero-order valence-corrected chi connectivity index (χ0v) is 17.2. The lowest BCUT2D eigenvalue weighted by atomic mass is 10.1. The third-order valence-corrected chi connectivity index (χ3v) is 9.73. The van der Waals surface area contributed by atoms with Crippen molar-refractivity contribution in [2.75, 3.05) is 18.4 Å². The summed E-state index contributed by atoms with van der Waals surface area (Å²) in [5, 5.41) is 15.1. The van der Waals surface area contributed by atoms with Crippen LogP contribution in [0.2, 0.25) is 12.6 Å². The van der Waals surface area contributed by atoms with Gasteiger partial charge in [0.1, 0.15) is 8.07 Å². The Kier molecular flexibility index (Phi) is 5.75. The Morgan fingerprint density at radius 3 is 2.81 bits per heavy atom. The summed E-state index contributed by atoms with van der Waals surface area (Å²) in [6.07, 6.45) is 7.15. The Bertz CT molecular complexity index is 870. The maximum atomic E-state index is 11.1. The Morgan fingerprint density at radius 1 is 1.30 bits per heavy atom. The number of carboxylic acids is 1. The third kappa shape index (κ3) is 3.95. The van der Waals surface area contributed by atoms with Gasteiger partial charge in [0, 0.05) is 25.2 Å². The lowest BCUT2D eigenvalue weighted by molar-refractivity contribution is -0.137. The number of allylic oxidation sites excluding steroid dienone is 4. The normalized spacial score (nSPS) is 22.0. The second-order valence-corrected chi connectivity index (χ2v) is 11.4. The molecule has 0 radical (unpaired) electrons. The van der Waals surface area contributed by atoms with Crippen LogP contribution in [0.5, 0.6) is 0 Å². The van der Waals surface area contributed by atoms with E-state index in [1.54, 1.807) is 0 Å². The van der Waals surface area contributed by atoms with Crippen molar-refractivity contribution in [3.8, 4) is 0 Å². The van der Waals surface area contributed by atoms with Crippen molar-refractivity contribution < 1.29 is 9.90 Å². The van der Waals surface area contributed by atoms with Crippen LogP contribution in [0.1, 0.15) is 26.7 Å². The quantitative estimate of drug-likeness (QED) is 0.556.